The molecule has 2 unspecified atom stereocenters. The van der Waals surface area contributed by atoms with Crippen LogP contribution in [0.2, 0.25) is 0 Å². The van der Waals surface area contributed by atoms with Gasteiger partial charge in [0.2, 0.25) is 0 Å². The number of aryl methyl sites for hydroxylation is 1. The van der Waals surface area contributed by atoms with Crippen LogP contribution < -0.4 is 0 Å². The minimum absolute atomic E-state index is 0.103. The third-order valence-corrected chi connectivity index (χ3v) is 3.96. The molecule has 1 fully saturated rings. The van der Waals surface area contributed by atoms with Crippen LogP contribution in [0, 0.1) is 12.3 Å². The highest BCUT2D eigenvalue weighted by Crippen LogP contribution is 2.52. The molecule has 1 aromatic carbocycles. The molecule has 1 saturated heterocycles. The van der Waals surface area contributed by atoms with Crippen LogP contribution >= 0.6 is 0 Å². The van der Waals surface area contributed by atoms with Gasteiger partial charge in [0, 0.05) is 5.41 Å². The monoisotopic (exact) mass is 232 g/mol. The molecule has 1 aromatic rings. The Hall–Kier alpha value is -0.860. The van der Waals surface area contributed by atoms with Crippen LogP contribution in [0.1, 0.15) is 43.6 Å². The predicted molar refractivity (Wildman–Crippen MR) is 66.8 cm³/mol. The molecule has 3 rings (SSSR count). The van der Waals surface area contributed by atoms with Crippen molar-refractivity contribution in [1.82, 2.24) is 0 Å². The van der Waals surface area contributed by atoms with Crippen molar-refractivity contribution in [3.63, 3.8) is 0 Å². The highest BCUT2D eigenvalue weighted by Gasteiger charge is 2.50. The van der Waals surface area contributed by atoms with Gasteiger partial charge in [0.1, 0.15) is 0 Å². The molecule has 1 aliphatic carbocycles. The minimum atomic E-state index is -0.463. The van der Waals surface area contributed by atoms with Crippen molar-refractivity contribution in [3.8, 4) is 0 Å². The Bertz CT molecular complexity index is 464. The topological polar surface area (TPSA) is 18.5 Å². The van der Waals surface area contributed by atoms with Crippen molar-refractivity contribution in [3.05, 3.63) is 34.9 Å². The number of rotatable bonds is 0. The molecule has 17 heavy (non-hydrogen) atoms. The van der Waals surface area contributed by atoms with Gasteiger partial charge in [-0.2, -0.15) is 0 Å². The Kier molecular flexibility index (Phi) is 2.20. The molecule has 0 N–H and O–H groups in total. The zero-order valence-corrected chi connectivity index (χ0v) is 11.0. The summed E-state index contributed by atoms with van der Waals surface area (Å²) >= 11 is 0. The molecule has 1 aliphatic heterocycles. The zero-order chi connectivity index (χ0) is 12.3. The molecule has 0 bridgehead atoms. The molecule has 0 saturated carbocycles. The van der Waals surface area contributed by atoms with Crippen molar-refractivity contribution < 1.29 is 9.47 Å². The smallest absolute Gasteiger partial charge is 0.163 e. The van der Waals surface area contributed by atoms with Gasteiger partial charge >= 0.3 is 0 Å². The van der Waals surface area contributed by atoms with Crippen LogP contribution in [0.15, 0.2) is 18.2 Å². The summed E-state index contributed by atoms with van der Waals surface area (Å²) < 4.78 is 12.0. The van der Waals surface area contributed by atoms with Crippen LogP contribution in [0.3, 0.4) is 0 Å². The lowest BCUT2D eigenvalue weighted by Crippen LogP contribution is -2.45. The lowest BCUT2D eigenvalue weighted by Gasteiger charge is -2.44. The number of benzene rings is 1. The maximum atomic E-state index is 6.16. The third kappa shape index (κ3) is 1.71. The highest BCUT2D eigenvalue weighted by atomic mass is 16.7. The van der Waals surface area contributed by atoms with Crippen LogP contribution in [0.4, 0.5) is 0 Å². The van der Waals surface area contributed by atoms with Gasteiger partial charge in [-0.3, -0.25) is 0 Å². The van der Waals surface area contributed by atoms with Crippen molar-refractivity contribution in [2.75, 3.05) is 6.61 Å². The summed E-state index contributed by atoms with van der Waals surface area (Å²) in [5.74, 6) is -0.463. The van der Waals surface area contributed by atoms with Gasteiger partial charge in [0.05, 0.1) is 12.7 Å². The fourth-order valence-electron chi connectivity index (χ4n) is 3.01. The van der Waals surface area contributed by atoms with E-state index in [1.807, 2.05) is 13.8 Å². The number of fused-ring (bicyclic) bond motifs is 3. The maximum absolute atomic E-state index is 6.16. The molecule has 0 radical (unpaired) electrons. The van der Waals surface area contributed by atoms with E-state index in [9.17, 15) is 0 Å². The Morgan fingerprint density at radius 3 is 2.76 bits per heavy atom. The molecule has 0 spiro atoms. The van der Waals surface area contributed by atoms with Gasteiger partial charge in [-0.15, -0.1) is 0 Å². The average Bonchev–Trinajstić information content (AvgIpc) is 2.51. The molecule has 2 heteroatoms. The summed E-state index contributed by atoms with van der Waals surface area (Å²) in [5, 5.41) is 0. The zero-order valence-electron chi connectivity index (χ0n) is 11.0. The van der Waals surface area contributed by atoms with E-state index in [1.165, 1.54) is 16.7 Å². The first-order valence-corrected chi connectivity index (χ1v) is 6.31. The lowest BCUT2D eigenvalue weighted by molar-refractivity contribution is -0.314. The normalized spacial score (nSPS) is 34.2. The Morgan fingerprint density at radius 2 is 2.00 bits per heavy atom. The van der Waals surface area contributed by atoms with Crippen molar-refractivity contribution >= 4 is 0 Å². The summed E-state index contributed by atoms with van der Waals surface area (Å²) in [4.78, 5) is 0. The third-order valence-electron chi connectivity index (χ3n) is 3.96. The predicted octanol–water partition coefficient (Wildman–Crippen LogP) is 3.38. The van der Waals surface area contributed by atoms with Crippen molar-refractivity contribution in [2.24, 2.45) is 5.41 Å². The van der Waals surface area contributed by atoms with Crippen LogP contribution in [-0.4, -0.2) is 12.4 Å². The van der Waals surface area contributed by atoms with Crippen molar-refractivity contribution in [2.45, 2.75) is 46.0 Å². The van der Waals surface area contributed by atoms with E-state index in [0.29, 0.717) is 0 Å². The van der Waals surface area contributed by atoms with Crippen LogP contribution in [-0.2, 0) is 15.9 Å². The van der Waals surface area contributed by atoms with E-state index in [4.69, 9.17) is 9.47 Å². The van der Waals surface area contributed by atoms with E-state index in [2.05, 4.69) is 32.0 Å². The fourth-order valence-corrected chi connectivity index (χ4v) is 3.01. The van der Waals surface area contributed by atoms with Gasteiger partial charge in [0.15, 0.2) is 5.79 Å². The summed E-state index contributed by atoms with van der Waals surface area (Å²) in [5.41, 5.74) is 4.19. The van der Waals surface area contributed by atoms with E-state index in [-0.39, 0.29) is 11.5 Å². The Balaban J connectivity index is 2.05. The van der Waals surface area contributed by atoms with E-state index in [1.54, 1.807) is 0 Å². The summed E-state index contributed by atoms with van der Waals surface area (Å²) in [6, 6.07) is 6.70. The molecule has 2 nitrogen and oxygen atoms in total. The van der Waals surface area contributed by atoms with Gasteiger partial charge in [-0.25, -0.2) is 0 Å². The molecule has 0 amide bonds. The molecule has 92 valence electrons. The first-order chi connectivity index (χ1) is 7.90. The summed E-state index contributed by atoms with van der Waals surface area (Å²) in [6.07, 6.45) is 1.24. The van der Waals surface area contributed by atoms with Crippen LogP contribution in [0.5, 0.6) is 0 Å². The Morgan fingerprint density at radius 1 is 1.24 bits per heavy atom. The highest BCUT2D eigenvalue weighted by molar-refractivity contribution is 5.40. The second-order valence-corrected chi connectivity index (χ2v) is 6.22. The largest absolute Gasteiger partial charge is 0.350 e. The Labute approximate surface area is 103 Å². The molecule has 0 aromatic heterocycles. The molecule has 2 atom stereocenters. The summed E-state index contributed by atoms with van der Waals surface area (Å²) in [7, 11) is 0. The van der Waals surface area contributed by atoms with Gasteiger partial charge < -0.3 is 9.47 Å². The number of ether oxygens (including phenoxy) is 2. The molecule has 2 aliphatic rings. The lowest BCUT2D eigenvalue weighted by atomic mass is 9.84. The SMILES string of the molecule is Cc1ccc2c(c1)C1OC(C)(C)OCC1(C)C2. The van der Waals surface area contributed by atoms with Gasteiger partial charge in [-0.05, 0) is 38.3 Å². The number of hydrogen-bond donors (Lipinski definition) is 0. The maximum Gasteiger partial charge on any atom is 0.163 e. The van der Waals surface area contributed by atoms with Gasteiger partial charge in [0.25, 0.3) is 0 Å². The molecular formula is C15H20O2. The van der Waals surface area contributed by atoms with Gasteiger partial charge in [-0.1, -0.05) is 30.7 Å². The average molecular weight is 232 g/mol. The second-order valence-electron chi connectivity index (χ2n) is 6.22. The number of hydrogen-bond acceptors (Lipinski definition) is 2. The van der Waals surface area contributed by atoms with E-state index >= 15 is 0 Å². The quantitative estimate of drug-likeness (QED) is 0.682. The second kappa shape index (κ2) is 3.33. The first-order valence-electron chi connectivity index (χ1n) is 6.31. The first kappa shape index (κ1) is 11.2. The fraction of sp³-hybridized carbons (Fsp3) is 0.600. The molecular weight excluding hydrogens is 212 g/mol. The standard InChI is InChI=1S/C15H20O2/c1-10-5-6-11-8-15(4)9-16-14(2,3)17-13(15)12(11)7-10/h5-7,13H,8-9H2,1-4H3. The molecule has 1 heterocycles. The van der Waals surface area contributed by atoms with Crippen molar-refractivity contribution in [1.29, 1.82) is 0 Å². The minimum Gasteiger partial charge on any atom is -0.350 e. The van der Waals surface area contributed by atoms with E-state index < -0.39 is 5.79 Å². The summed E-state index contributed by atoms with van der Waals surface area (Å²) in [6.45, 7) is 9.18. The van der Waals surface area contributed by atoms with Crippen LogP contribution in [0.25, 0.3) is 0 Å². The van der Waals surface area contributed by atoms with E-state index in [0.717, 1.165) is 13.0 Å².